The molecular formula is C7H15N5. The van der Waals surface area contributed by atoms with Crippen LogP contribution in [-0.4, -0.2) is 21.8 Å². The molecule has 0 aliphatic carbocycles. The van der Waals surface area contributed by atoms with Crippen LogP contribution in [0.1, 0.15) is 19.7 Å². The molecule has 1 aromatic heterocycles. The number of aromatic nitrogens is 3. The van der Waals surface area contributed by atoms with E-state index in [1.807, 2.05) is 25.5 Å². The molecule has 0 aliphatic heterocycles. The minimum absolute atomic E-state index is 0.448. The van der Waals surface area contributed by atoms with Crippen LogP contribution in [0.15, 0.2) is 0 Å². The van der Waals surface area contributed by atoms with Crippen molar-refractivity contribution in [1.29, 1.82) is 0 Å². The van der Waals surface area contributed by atoms with Crippen molar-refractivity contribution in [2.24, 2.45) is 12.8 Å². The van der Waals surface area contributed by atoms with Gasteiger partial charge in [0.2, 0.25) is 5.95 Å². The van der Waals surface area contributed by atoms with Crippen molar-refractivity contribution in [2.75, 3.05) is 12.4 Å². The van der Waals surface area contributed by atoms with Crippen molar-refractivity contribution >= 4 is 5.95 Å². The van der Waals surface area contributed by atoms with Crippen LogP contribution >= 0.6 is 0 Å². The van der Waals surface area contributed by atoms with E-state index in [-0.39, 0.29) is 0 Å². The zero-order valence-corrected chi connectivity index (χ0v) is 7.92. The zero-order valence-electron chi connectivity index (χ0n) is 7.92. The van der Waals surface area contributed by atoms with E-state index in [2.05, 4.69) is 15.5 Å². The highest BCUT2D eigenvalue weighted by atomic mass is 15.3. The SMILES string of the molecule is CNc1nnc(C(C)(C)N)n1C. The van der Waals surface area contributed by atoms with Crippen LogP contribution in [0.5, 0.6) is 0 Å². The predicted molar refractivity (Wildman–Crippen MR) is 47.8 cm³/mol. The van der Waals surface area contributed by atoms with Crippen LogP contribution in [0.3, 0.4) is 0 Å². The van der Waals surface area contributed by atoms with Gasteiger partial charge in [0.1, 0.15) is 0 Å². The number of anilines is 1. The van der Waals surface area contributed by atoms with Crippen LogP contribution in [0.4, 0.5) is 5.95 Å². The molecule has 1 aromatic rings. The second-order valence-corrected chi connectivity index (χ2v) is 3.38. The van der Waals surface area contributed by atoms with Gasteiger partial charge in [-0.2, -0.15) is 0 Å². The number of hydrogen-bond donors (Lipinski definition) is 2. The number of hydrogen-bond acceptors (Lipinski definition) is 4. The van der Waals surface area contributed by atoms with E-state index in [1.165, 1.54) is 0 Å². The van der Waals surface area contributed by atoms with Gasteiger partial charge in [0, 0.05) is 14.1 Å². The molecule has 0 spiro atoms. The molecule has 0 unspecified atom stereocenters. The fourth-order valence-corrected chi connectivity index (χ4v) is 1.11. The monoisotopic (exact) mass is 169 g/mol. The molecule has 5 nitrogen and oxygen atoms in total. The molecule has 0 aromatic carbocycles. The highest BCUT2D eigenvalue weighted by Gasteiger charge is 2.21. The van der Waals surface area contributed by atoms with E-state index in [0.29, 0.717) is 0 Å². The Morgan fingerprint density at radius 3 is 2.25 bits per heavy atom. The van der Waals surface area contributed by atoms with E-state index in [0.717, 1.165) is 11.8 Å². The van der Waals surface area contributed by atoms with E-state index >= 15 is 0 Å². The molecule has 0 aliphatic rings. The second kappa shape index (κ2) is 2.75. The van der Waals surface area contributed by atoms with Crippen LogP contribution in [0.25, 0.3) is 0 Å². The van der Waals surface area contributed by atoms with Crippen molar-refractivity contribution in [1.82, 2.24) is 14.8 Å². The zero-order chi connectivity index (χ0) is 9.35. The third-order valence-corrected chi connectivity index (χ3v) is 1.67. The minimum Gasteiger partial charge on any atom is -0.357 e. The van der Waals surface area contributed by atoms with E-state index in [4.69, 9.17) is 5.73 Å². The first kappa shape index (κ1) is 8.99. The maximum Gasteiger partial charge on any atom is 0.224 e. The molecule has 0 radical (unpaired) electrons. The maximum atomic E-state index is 5.87. The van der Waals surface area contributed by atoms with Gasteiger partial charge >= 0.3 is 0 Å². The fraction of sp³-hybridized carbons (Fsp3) is 0.714. The summed E-state index contributed by atoms with van der Waals surface area (Å²) in [7, 11) is 3.69. The molecule has 3 N–H and O–H groups in total. The van der Waals surface area contributed by atoms with Crippen molar-refractivity contribution in [3.05, 3.63) is 5.82 Å². The normalized spacial score (nSPS) is 11.8. The van der Waals surface area contributed by atoms with Crippen LogP contribution < -0.4 is 11.1 Å². The van der Waals surface area contributed by atoms with Crippen LogP contribution in [-0.2, 0) is 12.6 Å². The quantitative estimate of drug-likeness (QED) is 0.656. The average Bonchev–Trinajstić information content (AvgIpc) is 2.29. The number of nitrogens with one attached hydrogen (secondary N) is 1. The lowest BCUT2D eigenvalue weighted by Gasteiger charge is -2.16. The lowest BCUT2D eigenvalue weighted by Crippen LogP contribution is -2.32. The van der Waals surface area contributed by atoms with Gasteiger partial charge in [-0.1, -0.05) is 0 Å². The lowest BCUT2D eigenvalue weighted by atomic mass is 10.1. The van der Waals surface area contributed by atoms with Gasteiger partial charge in [0.05, 0.1) is 5.54 Å². The van der Waals surface area contributed by atoms with Crippen LogP contribution in [0, 0.1) is 0 Å². The number of nitrogens with zero attached hydrogens (tertiary/aromatic N) is 3. The third kappa shape index (κ3) is 1.40. The van der Waals surface area contributed by atoms with Gasteiger partial charge in [-0.25, -0.2) is 0 Å². The Hall–Kier alpha value is -1.10. The lowest BCUT2D eigenvalue weighted by molar-refractivity contribution is 0.493. The smallest absolute Gasteiger partial charge is 0.224 e. The summed E-state index contributed by atoms with van der Waals surface area (Å²) in [4.78, 5) is 0. The molecular weight excluding hydrogens is 154 g/mol. The average molecular weight is 169 g/mol. The molecule has 0 atom stereocenters. The van der Waals surface area contributed by atoms with Gasteiger partial charge in [0.15, 0.2) is 5.82 Å². The fourth-order valence-electron chi connectivity index (χ4n) is 1.11. The first-order chi connectivity index (χ1) is 5.46. The molecule has 68 valence electrons. The Bertz CT molecular complexity index is 270. The Morgan fingerprint density at radius 1 is 1.42 bits per heavy atom. The summed E-state index contributed by atoms with van der Waals surface area (Å²) >= 11 is 0. The summed E-state index contributed by atoms with van der Waals surface area (Å²) in [6.45, 7) is 3.80. The summed E-state index contributed by atoms with van der Waals surface area (Å²) in [5.74, 6) is 1.50. The first-order valence-corrected chi connectivity index (χ1v) is 3.83. The Balaban J connectivity index is 3.11. The van der Waals surface area contributed by atoms with Gasteiger partial charge in [-0.05, 0) is 13.8 Å². The molecule has 5 heteroatoms. The topological polar surface area (TPSA) is 68.8 Å². The molecule has 0 fully saturated rings. The van der Waals surface area contributed by atoms with E-state index < -0.39 is 5.54 Å². The van der Waals surface area contributed by atoms with Gasteiger partial charge in [-0.15, -0.1) is 10.2 Å². The predicted octanol–water partition coefficient (Wildman–Crippen LogP) is 0.0506. The largest absolute Gasteiger partial charge is 0.357 e. The van der Waals surface area contributed by atoms with Gasteiger partial charge in [0.25, 0.3) is 0 Å². The summed E-state index contributed by atoms with van der Waals surface area (Å²) in [6, 6.07) is 0. The molecule has 1 rings (SSSR count). The first-order valence-electron chi connectivity index (χ1n) is 3.83. The molecule has 1 heterocycles. The second-order valence-electron chi connectivity index (χ2n) is 3.38. The molecule has 12 heavy (non-hydrogen) atoms. The summed E-state index contributed by atoms with van der Waals surface area (Å²) < 4.78 is 1.85. The molecule has 0 saturated carbocycles. The number of nitrogens with two attached hydrogens (primary N) is 1. The van der Waals surface area contributed by atoms with Gasteiger partial charge < -0.3 is 11.1 Å². The molecule has 0 bridgehead atoms. The Kier molecular flexibility index (Phi) is 2.06. The van der Waals surface area contributed by atoms with Crippen molar-refractivity contribution in [2.45, 2.75) is 19.4 Å². The Morgan fingerprint density at radius 2 is 2.00 bits per heavy atom. The Labute approximate surface area is 72.0 Å². The molecule has 0 amide bonds. The number of rotatable bonds is 2. The van der Waals surface area contributed by atoms with E-state index in [1.54, 1.807) is 7.05 Å². The summed E-state index contributed by atoms with van der Waals surface area (Å²) in [5, 5.41) is 10.8. The van der Waals surface area contributed by atoms with Crippen LogP contribution in [0.2, 0.25) is 0 Å². The summed E-state index contributed by atoms with van der Waals surface area (Å²) in [5.41, 5.74) is 5.43. The van der Waals surface area contributed by atoms with Gasteiger partial charge in [-0.3, -0.25) is 4.57 Å². The molecule has 0 saturated heterocycles. The minimum atomic E-state index is -0.448. The van der Waals surface area contributed by atoms with Crippen molar-refractivity contribution in [3.8, 4) is 0 Å². The van der Waals surface area contributed by atoms with Crippen molar-refractivity contribution in [3.63, 3.8) is 0 Å². The maximum absolute atomic E-state index is 5.87. The standard InChI is InChI=1S/C7H15N5/c1-7(2,8)5-10-11-6(9-3)12(5)4/h8H2,1-4H3,(H,9,11). The van der Waals surface area contributed by atoms with Crippen molar-refractivity contribution < 1.29 is 0 Å². The van der Waals surface area contributed by atoms with E-state index in [9.17, 15) is 0 Å². The highest BCUT2D eigenvalue weighted by molar-refractivity contribution is 5.25. The third-order valence-electron chi connectivity index (χ3n) is 1.67. The summed E-state index contributed by atoms with van der Waals surface area (Å²) in [6.07, 6.45) is 0. The highest BCUT2D eigenvalue weighted by Crippen LogP contribution is 2.15.